The fourth-order valence-corrected chi connectivity index (χ4v) is 5.29. The van der Waals surface area contributed by atoms with Crippen LogP contribution in [0.4, 0.5) is 11.4 Å². The molecule has 0 N–H and O–H groups in total. The van der Waals surface area contributed by atoms with E-state index in [1.54, 1.807) is 0 Å². The van der Waals surface area contributed by atoms with Crippen molar-refractivity contribution in [3.8, 4) is 0 Å². The van der Waals surface area contributed by atoms with Crippen molar-refractivity contribution in [3.63, 3.8) is 0 Å². The molecule has 2 aliphatic heterocycles. The standard InChI is InChI=1S/C25H24N2O2/c1-17-7-11-19(12-8-17)26-24-22-6-4-3-5-21(22)23-15-28-27(25(23,24)16-29-26)20-13-9-18(2)10-14-20/h3-14,23-24H,15-16H2,1-2H3. The minimum absolute atomic E-state index is 0.0789. The molecule has 3 atom stereocenters. The summed E-state index contributed by atoms with van der Waals surface area (Å²) in [7, 11) is 0. The largest absolute Gasteiger partial charge is 0.272 e. The number of hydrogen-bond donors (Lipinski definition) is 0. The highest BCUT2D eigenvalue weighted by molar-refractivity contribution is 5.62. The van der Waals surface area contributed by atoms with Crippen LogP contribution in [0.5, 0.6) is 0 Å². The molecule has 146 valence electrons. The Hall–Kier alpha value is -2.82. The molecule has 3 unspecified atom stereocenters. The molecule has 2 heterocycles. The quantitative estimate of drug-likeness (QED) is 0.615. The van der Waals surface area contributed by atoms with Crippen molar-refractivity contribution < 1.29 is 9.68 Å². The van der Waals surface area contributed by atoms with Crippen LogP contribution in [0.2, 0.25) is 0 Å². The molecule has 1 aliphatic carbocycles. The highest BCUT2D eigenvalue weighted by Crippen LogP contribution is 2.61. The van der Waals surface area contributed by atoms with Gasteiger partial charge in [-0.25, -0.2) is 10.1 Å². The predicted octanol–water partition coefficient (Wildman–Crippen LogP) is 5.08. The topological polar surface area (TPSA) is 24.9 Å². The van der Waals surface area contributed by atoms with Crippen molar-refractivity contribution in [3.05, 3.63) is 95.1 Å². The van der Waals surface area contributed by atoms with Gasteiger partial charge in [-0.05, 0) is 49.2 Å². The number of hydrogen-bond acceptors (Lipinski definition) is 4. The molecule has 0 radical (unpaired) electrons. The van der Waals surface area contributed by atoms with Crippen LogP contribution in [0.1, 0.15) is 34.2 Å². The number of hydroxylamine groups is 2. The van der Waals surface area contributed by atoms with Crippen molar-refractivity contribution >= 4 is 11.4 Å². The molecule has 4 nitrogen and oxygen atoms in total. The Morgan fingerprint density at radius 1 is 0.759 bits per heavy atom. The van der Waals surface area contributed by atoms with Crippen LogP contribution in [-0.4, -0.2) is 18.8 Å². The molecular weight excluding hydrogens is 360 g/mol. The first-order valence-corrected chi connectivity index (χ1v) is 10.3. The summed E-state index contributed by atoms with van der Waals surface area (Å²) in [5.41, 5.74) is 7.12. The van der Waals surface area contributed by atoms with Gasteiger partial charge in [0.25, 0.3) is 0 Å². The van der Waals surface area contributed by atoms with Gasteiger partial charge in [-0.1, -0.05) is 59.7 Å². The number of rotatable bonds is 2. The first-order chi connectivity index (χ1) is 14.2. The summed E-state index contributed by atoms with van der Waals surface area (Å²) in [6, 6.07) is 26.1. The Balaban J connectivity index is 1.51. The zero-order valence-corrected chi connectivity index (χ0v) is 16.7. The van der Waals surface area contributed by atoms with E-state index in [-0.39, 0.29) is 17.5 Å². The summed E-state index contributed by atoms with van der Waals surface area (Å²) in [4.78, 5) is 12.7. The van der Waals surface area contributed by atoms with Crippen molar-refractivity contribution in [2.45, 2.75) is 31.3 Å². The van der Waals surface area contributed by atoms with Gasteiger partial charge < -0.3 is 0 Å². The lowest BCUT2D eigenvalue weighted by Crippen LogP contribution is -2.50. The molecule has 2 fully saturated rings. The third kappa shape index (κ3) is 2.27. The Labute approximate surface area is 171 Å². The number of fused-ring (bicyclic) bond motifs is 3. The van der Waals surface area contributed by atoms with E-state index in [1.807, 2.05) is 0 Å². The summed E-state index contributed by atoms with van der Waals surface area (Å²) in [6.07, 6.45) is 0. The van der Waals surface area contributed by atoms with E-state index < -0.39 is 0 Å². The number of anilines is 2. The lowest BCUT2D eigenvalue weighted by atomic mass is 9.84. The molecule has 3 aromatic rings. The Bertz CT molecular complexity index is 1060. The average Bonchev–Trinajstić information content (AvgIpc) is 3.38. The molecule has 6 rings (SSSR count). The highest BCUT2D eigenvalue weighted by Gasteiger charge is 2.67. The zero-order chi connectivity index (χ0) is 19.6. The van der Waals surface area contributed by atoms with Gasteiger partial charge in [0.15, 0.2) is 0 Å². The van der Waals surface area contributed by atoms with Crippen LogP contribution in [0.25, 0.3) is 0 Å². The Morgan fingerprint density at radius 3 is 2.07 bits per heavy atom. The van der Waals surface area contributed by atoms with Gasteiger partial charge >= 0.3 is 0 Å². The maximum Gasteiger partial charge on any atom is 0.129 e. The van der Waals surface area contributed by atoms with Crippen LogP contribution >= 0.6 is 0 Å². The fraction of sp³-hybridized carbons (Fsp3) is 0.280. The normalized spacial score (nSPS) is 27.1. The number of nitrogens with zero attached hydrogens (tertiary/aromatic N) is 2. The minimum atomic E-state index is -0.274. The van der Waals surface area contributed by atoms with E-state index in [2.05, 4.69) is 96.8 Å². The molecule has 29 heavy (non-hydrogen) atoms. The van der Waals surface area contributed by atoms with Crippen LogP contribution < -0.4 is 10.1 Å². The van der Waals surface area contributed by atoms with Crippen molar-refractivity contribution in [2.75, 3.05) is 23.3 Å². The second-order valence-corrected chi connectivity index (χ2v) is 8.44. The first kappa shape index (κ1) is 17.1. The Kier molecular flexibility index (Phi) is 3.58. The van der Waals surface area contributed by atoms with Crippen molar-refractivity contribution in [1.29, 1.82) is 0 Å². The first-order valence-electron chi connectivity index (χ1n) is 10.3. The molecule has 1 spiro atoms. The fourth-order valence-electron chi connectivity index (χ4n) is 5.29. The summed E-state index contributed by atoms with van der Waals surface area (Å²) in [5.74, 6) is 0.278. The average molecular weight is 384 g/mol. The Morgan fingerprint density at radius 2 is 1.38 bits per heavy atom. The van der Waals surface area contributed by atoms with Crippen molar-refractivity contribution in [1.82, 2.24) is 0 Å². The molecule has 0 bridgehead atoms. The van der Waals surface area contributed by atoms with Gasteiger partial charge in [0.2, 0.25) is 0 Å². The molecule has 4 heteroatoms. The van der Waals surface area contributed by atoms with E-state index in [0.717, 1.165) is 11.4 Å². The van der Waals surface area contributed by atoms with E-state index in [4.69, 9.17) is 9.68 Å². The van der Waals surface area contributed by atoms with E-state index in [9.17, 15) is 0 Å². The molecular formula is C25H24N2O2. The second-order valence-electron chi connectivity index (χ2n) is 8.44. The van der Waals surface area contributed by atoms with E-state index >= 15 is 0 Å². The maximum atomic E-state index is 6.39. The van der Waals surface area contributed by atoms with Crippen LogP contribution in [-0.2, 0) is 9.68 Å². The SMILES string of the molecule is Cc1ccc(N2OCC34C(CON3c3ccc(C)cc3)c3ccccc3C24)cc1. The minimum Gasteiger partial charge on any atom is -0.272 e. The lowest BCUT2D eigenvalue weighted by molar-refractivity contribution is 0.117. The number of aryl methyl sites for hydroxylation is 2. The third-order valence-corrected chi connectivity index (χ3v) is 6.72. The molecule has 0 amide bonds. The zero-order valence-electron chi connectivity index (χ0n) is 16.7. The number of benzene rings is 3. The summed E-state index contributed by atoms with van der Waals surface area (Å²) >= 11 is 0. The molecule has 2 saturated heterocycles. The summed E-state index contributed by atoms with van der Waals surface area (Å²) in [5, 5.41) is 4.24. The molecule has 3 aliphatic rings. The second kappa shape index (κ2) is 6.09. The van der Waals surface area contributed by atoms with Gasteiger partial charge in [0.05, 0.1) is 18.0 Å². The van der Waals surface area contributed by atoms with Gasteiger partial charge in [-0.2, -0.15) is 0 Å². The van der Waals surface area contributed by atoms with Gasteiger partial charge in [-0.15, -0.1) is 0 Å². The van der Waals surface area contributed by atoms with Gasteiger partial charge in [0.1, 0.15) is 18.2 Å². The van der Waals surface area contributed by atoms with Gasteiger partial charge in [0, 0.05) is 5.92 Å². The molecule has 0 saturated carbocycles. The lowest BCUT2D eigenvalue weighted by Gasteiger charge is -2.37. The van der Waals surface area contributed by atoms with E-state index in [0.29, 0.717) is 13.2 Å². The third-order valence-electron chi connectivity index (χ3n) is 6.72. The van der Waals surface area contributed by atoms with Crippen LogP contribution in [0, 0.1) is 13.8 Å². The highest BCUT2D eigenvalue weighted by atomic mass is 16.7. The molecule has 3 aromatic carbocycles. The van der Waals surface area contributed by atoms with Gasteiger partial charge in [-0.3, -0.25) is 9.68 Å². The predicted molar refractivity (Wildman–Crippen MR) is 114 cm³/mol. The van der Waals surface area contributed by atoms with E-state index in [1.165, 1.54) is 22.3 Å². The summed E-state index contributed by atoms with van der Waals surface area (Å²) in [6.45, 7) is 5.49. The van der Waals surface area contributed by atoms with Crippen LogP contribution in [0.3, 0.4) is 0 Å². The van der Waals surface area contributed by atoms with Crippen molar-refractivity contribution in [2.24, 2.45) is 0 Å². The maximum absolute atomic E-state index is 6.39. The monoisotopic (exact) mass is 384 g/mol. The smallest absolute Gasteiger partial charge is 0.129 e. The van der Waals surface area contributed by atoms with Crippen LogP contribution in [0.15, 0.2) is 72.8 Å². The molecule has 0 aromatic heterocycles. The summed E-state index contributed by atoms with van der Waals surface area (Å²) < 4.78 is 0.